The van der Waals surface area contributed by atoms with Gasteiger partial charge in [0.25, 0.3) is 0 Å². The number of hydrogen-bond acceptors (Lipinski definition) is 6. The molecule has 0 amide bonds. The van der Waals surface area contributed by atoms with Gasteiger partial charge in [-0.05, 0) is 0 Å². The van der Waals surface area contributed by atoms with Crippen molar-refractivity contribution in [1.82, 2.24) is 0 Å². The van der Waals surface area contributed by atoms with E-state index in [0.717, 1.165) is 30.2 Å². The van der Waals surface area contributed by atoms with Gasteiger partial charge in [-0.1, -0.05) is 0 Å². The van der Waals surface area contributed by atoms with Crippen molar-refractivity contribution in [3.05, 3.63) is 12.1 Å². The Bertz CT molecular complexity index is 481. The molecule has 1 atom stereocenters. The van der Waals surface area contributed by atoms with Gasteiger partial charge in [-0.15, -0.1) is 11.6 Å². The minimum atomic E-state index is -0.615. The molecule has 1 saturated heterocycles. The van der Waals surface area contributed by atoms with E-state index in [2.05, 4.69) is 10.2 Å². The molecule has 0 aliphatic carbocycles. The number of morpholine rings is 1. The van der Waals surface area contributed by atoms with Crippen molar-refractivity contribution in [2.45, 2.75) is 6.10 Å². The first kappa shape index (κ1) is 17.0. The summed E-state index contributed by atoms with van der Waals surface area (Å²) in [6.07, 6.45) is -0.615. The number of ether oxygens (including phenoxy) is 3. The number of alkyl halides is 1. The Morgan fingerprint density at radius 1 is 1.27 bits per heavy atom. The standard InChI is InChI=1S/C15H23ClN2O4/c1-20-14-8-13(18-3-5-22-6-4-18)15(21-2)7-12(14)17-10-11(19)9-16/h7-8,11,17,19H,3-6,9-10H2,1-2H3. The highest BCUT2D eigenvalue weighted by Crippen LogP contribution is 2.38. The van der Waals surface area contributed by atoms with Crippen LogP contribution in [0.15, 0.2) is 12.1 Å². The predicted octanol–water partition coefficient (Wildman–Crippen LogP) is 1.55. The van der Waals surface area contributed by atoms with E-state index >= 15 is 0 Å². The lowest BCUT2D eigenvalue weighted by Crippen LogP contribution is -2.36. The molecule has 0 bridgehead atoms. The third kappa shape index (κ3) is 4.09. The van der Waals surface area contributed by atoms with E-state index in [1.165, 1.54) is 0 Å². The molecule has 1 aromatic carbocycles. The van der Waals surface area contributed by atoms with E-state index in [4.69, 9.17) is 25.8 Å². The quantitative estimate of drug-likeness (QED) is 0.740. The predicted molar refractivity (Wildman–Crippen MR) is 87.8 cm³/mol. The summed E-state index contributed by atoms with van der Waals surface area (Å²) < 4.78 is 16.3. The fraction of sp³-hybridized carbons (Fsp3) is 0.600. The SMILES string of the molecule is COc1cc(N2CCOCC2)c(OC)cc1NCC(O)CCl. The van der Waals surface area contributed by atoms with Gasteiger partial charge in [0.1, 0.15) is 11.5 Å². The average Bonchev–Trinajstić information content (AvgIpc) is 2.59. The fourth-order valence-corrected chi connectivity index (χ4v) is 2.46. The molecule has 0 radical (unpaired) electrons. The molecule has 1 fully saturated rings. The van der Waals surface area contributed by atoms with Crippen LogP contribution in [0.1, 0.15) is 0 Å². The zero-order chi connectivity index (χ0) is 15.9. The number of nitrogens with one attached hydrogen (secondary N) is 1. The fourth-order valence-electron chi connectivity index (χ4n) is 2.35. The van der Waals surface area contributed by atoms with Gasteiger partial charge in [0.05, 0.1) is 50.8 Å². The molecule has 0 spiro atoms. The smallest absolute Gasteiger partial charge is 0.144 e. The van der Waals surface area contributed by atoms with Gasteiger partial charge in [-0.3, -0.25) is 0 Å². The lowest BCUT2D eigenvalue weighted by atomic mass is 10.2. The number of aliphatic hydroxyl groups is 1. The molecule has 0 aromatic heterocycles. The Balaban J connectivity index is 2.24. The Hall–Kier alpha value is -1.37. The van der Waals surface area contributed by atoms with Crippen LogP contribution in [-0.4, -0.2) is 64.2 Å². The summed E-state index contributed by atoms with van der Waals surface area (Å²) >= 11 is 5.61. The van der Waals surface area contributed by atoms with Gasteiger partial charge >= 0.3 is 0 Å². The van der Waals surface area contributed by atoms with E-state index in [1.54, 1.807) is 14.2 Å². The first-order chi connectivity index (χ1) is 10.7. The number of methoxy groups -OCH3 is 2. The van der Waals surface area contributed by atoms with Crippen molar-refractivity contribution in [1.29, 1.82) is 0 Å². The summed E-state index contributed by atoms with van der Waals surface area (Å²) in [6.45, 7) is 3.38. The lowest BCUT2D eigenvalue weighted by molar-refractivity contribution is 0.122. The molecule has 1 aliphatic rings. The molecular formula is C15H23ClN2O4. The highest BCUT2D eigenvalue weighted by atomic mass is 35.5. The minimum absolute atomic E-state index is 0.179. The second-order valence-corrected chi connectivity index (χ2v) is 5.32. The lowest BCUT2D eigenvalue weighted by Gasteiger charge is -2.30. The molecule has 124 valence electrons. The van der Waals surface area contributed by atoms with Crippen molar-refractivity contribution in [2.75, 3.05) is 63.2 Å². The Morgan fingerprint density at radius 3 is 2.55 bits per heavy atom. The molecule has 1 aliphatic heterocycles. The monoisotopic (exact) mass is 330 g/mol. The Morgan fingerprint density at radius 2 is 1.95 bits per heavy atom. The molecule has 0 saturated carbocycles. The van der Waals surface area contributed by atoms with Crippen LogP contribution >= 0.6 is 11.6 Å². The van der Waals surface area contributed by atoms with Gasteiger partial charge in [0.2, 0.25) is 0 Å². The zero-order valence-corrected chi connectivity index (χ0v) is 13.7. The van der Waals surface area contributed by atoms with E-state index in [-0.39, 0.29) is 5.88 Å². The number of anilines is 2. The maximum Gasteiger partial charge on any atom is 0.144 e. The molecule has 1 unspecified atom stereocenters. The maximum absolute atomic E-state index is 9.58. The van der Waals surface area contributed by atoms with Crippen molar-refractivity contribution in [3.63, 3.8) is 0 Å². The topological polar surface area (TPSA) is 63.2 Å². The van der Waals surface area contributed by atoms with Crippen LogP contribution in [0.25, 0.3) is 0 Å². The van der Waals surface area contributed by atoms with Gasteiger partial charge in [0.15, 0.2) is 0 Å². The Kier molecular flexibility index (Phi) is 6.42. The third-order valence-electron chi connectivity index (χ3n) is 3.56. The largest absolute Gasteiger partial charge is 0.495 e. The molecular weight excluding hydrogens is 308 g/mol. The normalized spacial score (nSPS) is 16.3. The zero-order valence-electron chi connectivity index (χ0n) is 13.0. The highest BCUT2D eigenvalue weighted by molar-refractivity contribution is 6.18. The summed E-state index contributed by atoms with van der Waals surface area (Å²) in [6, 6.07) is 3.82. The highest BCUT2D eigenvalue weighted by Gasteiger charge is 2.19. The van der Waals surface area contributed by atoms with Gasteiger partial charge in [-0.25, -0.2) is 0 Å². The summed E-state index contributed by atoms with van der Waals surface area (Å²) in [7, 11) is 3.26. The second kappa shape index (κ2) is 8.31. The number of aliphatic hydroxyl groups excluding tert-OH is 1. The van der Waals surface area contributed by atoms with Crippen LogP contribution in [0.4, 0.5) is 11.4 Å². The van der Waals surface area contributed by atoms with Gasteiger partial charge < -0.3 is 29.5 Å². The molecule has 1 aromatic rings. The van der Waals surface area contributed by atoms with Crippen LogP contribution in [0.5, 0.6) is 11.5 Å². The van der Waals surface area contributed by atoms with Gasteiger partial charge in [0, 0.05) is 31.8 Å². The summed E-state index contributed by atoms with van der Waals surface area (Å²) in [5, 5.41) is 12.7. The maximum atomic E-state index is 9.58. The molecule has 2 N–H and O–H groups in total. The van der Waals surface area contributed by atoms with Crippen LogP contribution in [-0.2, 0) is 4.74 Å². The van der Waals surface area contributed by atoms with E-state index in [9.17, 15) is 5.11 Å². The number of rotatable bonds is 7. The summed E-state index contributed by atoms with van der Waals surface area (Å²) in [5.41, 5.74) is 1.74. The van der Waals surface area contributed by atoms with Crippen molar-refractivity contribution >= 4 is 23.0 Å². The number of benzene rings is 1. The molecule has 6 nitrogen and oxygen atoms in total. The van der Waals surface area contributed by atoms with E-state index < -0.39 is 6.10 Å². The van der Waals surface area contributed by atoms with Crippen LogP contribution in [0.2, 0.25) is 0 Å². The van der Waals surface area contributed by atoms with Crippen molar-refractivity contribution < 1.29 is 19.3 Å². The molecule has 7 heteroatoms. The molecule has 22 heavy (non-hydrogen) atoms. The number of hydrogen-bond donors (Lipinski definition) is 2. The minimum Gasteiger partial charge on any atom is -0.495 e. The van der Waals surface area contributed by atoms with E-state index in [0.29, 0.717) is 25.5 Å². The van der Waals surface area contributed by atoms with Crippen LogP contribution in [0, 0.1) is 0 Å². The molecule has 2 rings (SSSR count). The van der Waals surface area contributed by atoms with Crippen LogP contribution < -0.4 is 19.7 Å². The average molecular weight is 331 g/mol. The first-order valence-electron chi connectivity index (χ1n) is 7.26. The van der Waals surface area contributed by atoms with Gasteiger partial charge in [-0.2, -0.15) is 0 Å². The Labute approximate surface area is 135 Å². The first-order valence-corrected chi connectivity index (χ1v) is 7.79. The second-order valence-electron chi connectivity index (χ2n) is 5.01. The summed E-state index contributed by atoms with van der Waals surface area (Å²) in [5.74, 6) is 1.63. The van der Waals surface area contributed by atoms with Crippen molar-refractivity contribution in [2.24, 2.45) is 0 Å². The van der Waals surface area contributed by atoms with E-state index in [1.807, 2.05) is 12.1 Å². The summed E-state index contributed by atoms with van der Waals surface area (Å²) in [4.78, 5) is 2.21. The number of halogens is 1. The van der Waals surface area contributed by atoms with Crippen molar-refractivity contribution in [3.8, 4) is 11.5 Å². The van der Waals surface area contributed by atoms with Crippen LogP contribution in [0.3, 0.4) is 0 Å². The third-order valence-corrected chi connectivity index (χ3v) is 3.92. The molecule has 1 heterocycles. The number of nitrogens with zero attached hydrogens (tertiary/aromatic N) is 1.